The summed E-state index contributed by atoms with van der Waals surface area (Å²) in [6.45, 7) is 3.98. The second-order valence-electron chi connectivity index (χ2n) is 4.88. The van der Waals surface area contributed by atoms with Crippen LogP contribution in [0.5, 0.6) is 11.5 Å². The Kier molecular flexibility index (Phi) is 6.60. The molecule has 0 spiro atoms. The van der Waals surface area contributed by atoms with Crippen LogP contribution in [0.25, 0.3) is 0 Å². The summed E-state index contributed by atoms with van der Waals surface area (Å²) in [6, 6.07) is 10.1. The summed E-state index contributed by atoms with van der Waals surface area (Å²) < 4.78 is 11.1. The Bertz CT molecular complexity index is 737. The number of nitrogens with one attached hydrogen (secondary N) is 1. The third-order valence-electron chi connectivity index (χ3n) is 3.09. The van der Waals surface area contributed by atoms with E-state index in [4.69, 9.17) is 44.3 Å². The van der Waals surface area contributed by atoms with Gasteiger partial charge in [0.05, 0.1) is 27.4 Å². The average Bonchev–Trinajstić information content (AvgIpc) is 2.54. The Labute approximate surface area is 155 Å². The Morgan fingerprint density at radius 1 is 1.08 bits per heavy atom. The van der Waals surface area contributed by atoms with Crippen molar-refractivity contribution in [2.24, 2.45) is 0 Å². The van der Waals surface area contributed by atoms with E-state index in [0.717, 1.165) is 0 Å². The first-order valence-corrected chi connectivity index (χ1v) is 8.39. The van der Waals surface area contributed by atoms with E-state index >= 15 is 0 Å². The van der Waals surface area contributed by atoms with Crippen LogP contribution in [0.3, 0.4) is 0 Å². The van der Waals surface area contributed by atoms with Crippen molar-refractivity contribution >= 4 is 46.4 Å². The Morgan fingerprint density at radius 3 is 2.46 bits per heavy atom. The zero-order chi connectivity index (χ0) is 17.7. The molecule has 0 radical (unpaired) electrons. The van der Waals surface area contributed by atoms with Gasteiger partial charge in [0.15, 0.2) is 6.10 Å². The molecular formula is C17H16Cl3NO3. The molecule has 0 saturated carbocycles. The van der Waals surface area contributed by atoms with Crippen LogP contribution in [0.1, 0.15) is 13.8 Å². The molecule has 0 unspecified atom stereocenters. The molecule has 0 heterocycles. The lowest BCUT2D eigenvalue weighted by Crippen LogP contribution is -2.30. The molecule has 1 amide bonds. The van der Waals surface area contributed by atoms with E-state index in [-0.39, 0.29) is 16.7 Å². The highest BCUT2D eigenvalue weighted by molar-refractivity contribution is 6.43. The van der Waals surface area contributed by atoms with Crippen LogP contribution in [0.15, 0.2) is 36.4 Å². The molecule has 0 aliphatic rings. The summed E-state index contributed by atoms with van der Waals surface area (Å²) in [5.41, 5.74) is 0.569. The van der Waals surface area contributed by atoms with Crippen LogP contribution in [-0.4, -0.2) is 18.6 Å². The highest BCUT2D eigenvalue weighted by atomic mass is 35.5. The molecule has 0 aliphatic heterocycles. The van der Waals surface area contributed by atoms with E-state index in [1.54, 1.807) is 25.1 Å². The molecular weight excluding hydrogens is 373 g/mol. The Hall–Kier alpha value is -1.62. The van der Waals surface area contributed by atoms with Crippen LogP contribution in [0.2, 0.25) is 15.1 Å². The van der Waals surface area contributed by atoms with E-state index in [9.17, 15) is 4.79 Å². The fourth-order valence-electron chi connectivity index (χ4n) is 1.92. The summed E-state index contributed by atoms with van der Waals surface area (Å²) in [5.74, 6) is 0.532. The standard InChI is InChI=1S/C17H16Cl3NO3/c1-3-23-15-7-5-4-6-14(15)21-17(22)10(2)24-16-9-12(19)11(18)8-13(16)20/h4-10H,3H2,1-2H3,(H,21,22)/t10-/m1/s1. The SMILES string of the molecule is CCOc1ccccc1NC(=O)[C@@H](C)Oc1cc(Cl)c(Cl)cc1Cl. The average molecular weight is 389 g/mol. The highest BCUT2D eigenvalue weighted by Crippen LogP contribution is 2.34. The van der Waals surface area contributed by atoms with Gasteiger partial charge in [-0.05, 0) is 32.0 Å². The largest absolute Gasteiger partial charge is 0.492 e. The molecule has 2 aromatic rings. The molecule has 0 aliphatic carbocycles. The predicted octanol–water partition coefficient (Wildman–Crippen LogP) is 5.45. The fraction of sp³-hybridized carbons (Fsp3) is 0.235. The molecule has 24 heavy (non-hydrogen) atoms. The first kappa shape index (κ1) is 18.7. The zero-order valence-corrected chi connectivity index (χ0v) is 15.4. The van der Waals surface area contributed by atoms with Crippen molar-refractivity contribution in [1.29, 1.82) is 0 Å². The van der Waals surface area contributed by atoms with Crippen LogP contribution in [0.4, 0.5) is 5.69 Å². The molecule has 4 nitrogen and oxygen atoms in total. The van der Waals surface area contributed by atoms with E-state index in [0.29, 0.717) is 28.1 Å². The molecule has 0 aromatic heterocycles. The normalized spacial score (nSPS) is 11.7. The van der Waals surface area contributed by atoms with Gasteiger partial charge in [0.2, 0.25) is 0 Å². The molecule has 0 bridgehead atoms. The number of hydrogen-bond donors (Lipinski definition) is 1. The number of benzene rings is 2. The number of anilines is 1. The number of amides is 1. The van der Waals surface area contributed by atoms with Gasteiger partial charge in [0.1, 0.15) is 11.5 Å². The zero-order valence-electron chi connectivity index (χ0n) is 13.1. The highest BCUT2D eigenvalue weighted by Gasteiger charge is 2.18. The van der Waals surface area contributed by atoms with Gasteiger partial charge < -0.3 is 14.8 Å². The van der Waals surface area contributed by atoms with Gasteiger partial charge in [-0.25, -0.2) is 0 Å². The summed E-state index contributed by atoms with van der Waals surface area (Å²) >= 11 is 17.9. The van der Waals surface area contributed by atoms with Crippen molar-refractivity contribution in [3.05, 3.63) is 51.5 Å². The van der Waals surface area contributed by atoms with Crippen molar-refractivity contribution < 1.29 is 14.3 Å². The first-order chi connectivity index (χ1) is 11.4. The number of rotatable bonds is 6. The van der Waals surface area contributed by atoms with Gasteiger partial charge in [-0.3, -0.25) is 4.79 Å². The molecule has 0 fully saturated rings. The number of hydrogen-bond acceptors (Lipinski definition) is 3. The number of halogens is 3. The number of para-hydroxylation sites is 2. The van der Waals surface area contributed by atoms with Crippen molar-refractivity contribution in [2.45, 2.75) is 20.0 Å². The van der Waals surface area contributed by atoms with Gasteiger partial charge in [-0.1, -0.05) is 46.9 Å². The minimum Gasteiger partial charge on any atom is -0.492 e. The summed E-state index contributed by atoms with van der Waals surface area (Å²) in [6.07, 6.45) is -0.797. The van der Waals surface area contributed by atoms with E-state index in [2.05, 4.69) is 5.32 Å². The van der Waals surface area contributed by atoms with Crippen molar-refractivity contribution in [1.82, 2.24) is 0 Å². The topological polar surface area (TPSA) is 47.6 Å². The molecule has 2 aromatic carbocycles. The lowest BCUT2D eigenvalue weighted by molar-refractivity contribution is -0.122. The second-order valence-corrected chi connectivity index (χ2v) is 6.10. The summed E-state index contributed by atoms with van der Waals surface area (Å²) in [5, 5.41) is 3.66. The Morgan fingerprint density at radius 2 is 1.75 bits per heavy atom. The van der Waals surface area contributed by atoms with Crippen LogP contribution >= 0.6 is 34.8 Å². The molecule has 1 atom stereocenters. The molecule has 128 valence electrons. The van der Waals surface area contributed by atoms with Gasteiger partial charge in [-0.2, -0.15) is 0 Å². The lowest BCUT2D eigenvalue weighted by atomic mass is 10.2. The number of carbonyl (C=O) groups is 1. The molecule has 7 heteroatoms. The number of ether oxygens (including phenoxy) is 2. The number of carbonyl (C=O) groups excluding carboxylic acids is 1. The van der Waals surface area contributed by atoms with Crippen LogP contribution < -0.4 is 14.8 Å². The van der Waals surface area contributed by atoms with Gasteiger partial charge in [-0.15, -0.1) is 0 Å². The van der Waals surface area contributed by atoms with E-state index in [1.165, 1.54) is 12.1 Å². The van der Waals surface area contributed by atoms with Gasteiger partial charge in [0.25, 0.3) is 5.91 Å². The Balaban J connectivity index is 2.09. The summed E-state index contributed by atoms with van der Waals surface area (Å²) in [7, 11) is 0. The van der Waals surface area contributed by atoms with Gasteiger partial charge >= 0.3 is 0 Å². The smallest absolute Gasteiger partial charge is 0.265 e. The minimum atomic E-state index is -0.797. The summed E-state index contributed by atoms with van der Waals surface area (Å²) in [4.78, 5) is 12.3. The quantitative estimate of drug-likeness (QED) is 0.669. The van der Waals surface area contributed by atoms with Crippen molar-refractivity contribution in [3.63, 3.8) is 0 Å². The lowest BCUT2D eigenvalue weighted by Gasteiger charge is -2.17. The van der Waals surface area contributed by atoms with Gasteiger partial charge in [0, 0.05) is 6.07 Å². The molecule has 2 rings (SSSR count). The fourth-order valence-corrected chi connectivity index (χ4v) is 2.51. The maximum atomic E-state index is 12.3. The third kappa shape index (κ3) is 4.69. The van der Waals surface area contributed by atoms with E-state index < -0.39 is 6.10 Å². The third-order valence-corrected chi connectivity index (χ3v) is 4.11. The van der Waals surface area contributed by atoms with E-state index in [1.807, 2.05) is 13.0 Å². The molecule has 0 saturated heterocycles. The van der Waals surface area contributed by atoms with Crippen molar-refractivity contribution in [2.75, 3.05) is 11.9 Å². The maximum absolute atomic E-state index is 12.3. The van der Waals surface area contributed by atoms with Crippen LogP contribution in [0, 0.1) is 0 Å². The second kappa shape index (κ2) is 8.47. The predicted molar refractivity (Wildman–Crippen MR) is 97.8 cm³/mol. The molecule has 1 N–H and O–H groups in total. The monoisotopic (exact) mass is 387 g/mol. The first-order valence-electron chi connectivity index (χ1n) is 7.26. The van der Waals surface area contributed by atoms with Crippen molar-refractivity contribution in [3.8, 4) is 11.5 Å². The maximum Gasteiger partial charge on any atom is 0.265 e. The minimum absolute atomic E-state index is 0.277. The van der Waals surface area contributed by atoms with Crippen LogP contribution in [-0.2, 0) is 4.79 Å².